The monoisotopic (exact) mass is 254 g/mol. The molecule has 1 unspecified atom stereocenters. The highest BCUT2D eigenvalue weighted by atomic mass is 79.9. The molecule has 0 radical (unpaired) electrons. The van der Waals surface area contributed by atoms with Crippen molar-refractivity contribution in [2.24, 2.45) is 0 Å². The van der Waals surface area contributed by atoms with E-state index in [1.54, 1.807) is 0 Å². The van der Waals surface area contributed by atoms with Gasteiger partial charge in [-0.05, 0) is 17.7 Å². The lowest BCUT2D eigenvalue weighted by atomic mass is 10.2. The Morgan fingerprint density at radius 2 is 2.07 bits per heavy atom. The maximum Gasteiger partial charge on any atom is 0.147 e. The van der Waals surface area contributed by atoms with Crippen LogP contribution >= 0.6 is 15.9 Å². The van der Waals surface area contributed by atoms with E-state index in [9.17, 15) is 0 Å². The Morgan fingerprint density at radius 1 is 1.29 bits per heavy atom. The highest BCUT2D eigenvalue weighted by molar-refractivity contribution is 9.10. The molecule has 1 aromatic carbocycles. The number of rotatable bonds is 2. The van der Waals surface area contributed by atoms with Crippen LogP contribution in [-0.4, -0.2) is 19.5 Å². The molecular formula is C11H11BrO2. The van der Waals surface area contributed by atoms with Crippen LogP contribution in [0.15, 0.2) is 34.8 Å². The summed E-state index contributed by atoms with van der Waals surface area (Å²) in [5.41, 5.74) is 1.17. The van der Waals surface area contributed by atoms with Gasteiger partial charge in [0.2, 0.25) is 0 Å². The van der Waals surface area contributed by atoms with E-state index < -0.39 is 0 Å². The first-order valence-corrected chi connectivity index (χ1v) is 5.27. The van der Waals surface area contributed by atoms with Gasteiger partial charge in [-0.3, -0.25) is 0 Å². The molecule has 2 rings (SSSR count). The molecule has 14 heavy (non-hydrogen) atoms. The topological polar surface area (TPSA) is 18.5 Å². The van der Waals surface area contributed by atoms with Crippen molar-refractivity contribution >= 4 is 22.0 Å². The molecular weight excluding hydrogens is 244 g/mol. The van der Waals surface area contributed by atoms with E-state index in [-0.39, 0.29) is 6.10 Å². The van der Waals surface area contributed by atoms with Crippen molar-refractivity contribution in [3.8, 4) is 0 Å². The smallest absolute Gasteiger partial charge is 0.147 e. The zero-order valence-corrected chi connectivity index (χ0v) is 9.24. The molecule has 1 saturated heterocycles. The second-order valence-corrected chi connectivity index (χ2v) is 4.02. The SMILES string of the molecule is Brc1ccc(/C=C/C2COCO2)cc1. The minimum Gasteiger partial charge on any atom is -0.352 e. The molecule has 1 aliphatic rings. The minimum absolute atomic E-state index is 0.110. The summed E-state index contributed by atoms with van der Waals surface area (Å²) >= 11 is 3.39. The average Bonchev–Trinajstić information content (AvgIpc) is 2.70. The van der Waals surface area contributed by atoms with Crippen molar-refractivity contribution in [2.75, 3.05) is 13.4 Å². The number of hydrogen-bond acceptors (Lipinski definition) is 2. The van der Waals surface area contributed by atoms with Gasteiger partial charge in [0.15, 0.2) is 0 Å². The van der Waals surface area contributed by atoms with Gasteiger partial charge in [-0.2, -0.15) is 0 Å². The molecule has 1 atom stereocenters. The van der Waals surface area contributed by atoms with E-state index in [1.807, 2.05) is 24.3 Å². The Morgan fingerprint density at radius 3 is 2.71 bits per heavy atom. The Balaban J connectivity index is 1.99. The second-order valence-electron chi connectivity index (χ2n) is 3.10. The van der Waals surface area contributed by atoms with Gasteiger partial charge in [0.25, 0.3) is 0 Å². The van der Waals surface area contributed by atoms with Crippen molar-refractivity contribution in [3.05, 3.63) is 40.4 Å². The molecule has 1 fully saturated rings. The van der Waals surface area contributed by atoms with Crippen LogP contribution in [0.25, 0.3) is 6.08 Å². The number of ether oxygens (including phenoxy) is 2. The molecule has 0 spiro atoms. The second kappa shape index (κ2) is 4.73. The Hall–Kier alpha value is -0.640. The first kappa shape index (κ1) is 9.90. The van der Waals surface area contributed by atoms with Gasteiger partial charge >= 0.3 is 0 Å². The summed E-state index contributed by atoms with van der Waals surface area (Å²) in [6, 6.07) is 8.14. The maximum absolute atomic E-state index is 5.28. The fourth-order valence-corrected chi connectivity index (χ4v) is 1.52. The number of hydrogen-bond donors (Lipinski definition) is 0. The quantitative estimate of drug-likeness (QED) is 0.809. The summed E-state index contributed by atoms with van der Waals surface area (Å²) in [5.74, 6) is 0. The zero-order chi connectivity index (χ0) is 9.80. The maximum atomic E-state index is 5.28. The molecule has 0 bridgehead atoms. The predicted molar refractivity (Wildman–Crippen MR) is 58.9 cm³/mol. The van der Waals surface area contributed by atoms with Crippen molar-refractivity contribution in [1.82, 2.24) is 0 Å². The first-order valence-electron chi connectivity index (χ1n) is 4.48. The molecule has 74 valence electrons. The summed E-state index contributed by atoms with van der Waals surface area (Å²) < 4.78 is 11.5. The third-order valence-electron chi connectivity index (χ3n) is 2.02. The summed E-state index contributed by atoms with van der Waals surface area (Å²) in [6.07, 6.45) is 4.18. The fraction of sp³-hybridized carbons (Fsp3) is 0.273. The zero-order valence-electron chi connectivity index (χ0n) is 7.65. The van der Waals surface area contributed by atoms with E-state index in [2.05, 4.69) is 28.1 Å². The largest absolute Gasteiger partial charge is 0.352 e. The Kier molecular flexibility index (Phi) is 3.35. The third kappa shape index (κ3) is 2.67. The highest BCUT2D eigenvalue weighted by Crippen LogP contribution is 2.13. The van der Waals surface area contributed by atoms with Crippen LogP contribution in [0.4, 0.5) is 0 Å². The molecule has 0 aromatic heterocycles. The lowest BCUT2D eigenvalue weighted by molar-refractivity contribution is 0.0573. The molecule has 0 aliphatic carbocycles. The van der Waals surface area contributed by atoms with Crippen molar-refractivity contribution in [3.63, 3.8) is 0 Å². The first-order chi connectivity index (χ1) is 6.84. The van der Waals surface area contributed by atoms with Gasteiger partial charge in [0.1, 0.15) is 12.9 Å². The van der Waals surface area contributed by atoms with Gasteiger partial charge < -0.3 is 9.47 Å². The van der Waals surface area contributed by atoms with Crippen LogP contribution in [0.5, 0.6) is 0 Å². The van der Waals surface area contributed by atoms with E-state index in [0.717, 1.165) is 4.47 Å². The minimum atomic E-state index is 0.110. The summed E-state index contributed by atoms with van der Waals surface area (Å²) in [5, 5.41) is 0. The predicted octanol–water partition coefficient (Wildman–Crippen LogP) is 2.84. The lowest BCUT2D eigenvalue weighted by Gasteiger charge is -1.99. The molecule has 1 aliphatic heterocycles. The van der Waals surface area contributed by atoms with Crippen molar-refractivity contribution < 1.29 is 9.47 Å². The van der Waals surface area contributed by atoms with E-state index >= 15 is 0 Å². The fourth-order valence-electron chi connectivity index (χ4n) is 1.25. The molecule has 2 nitrogen and oxygen atoms in total. The van der Waals surface area contributed by atoms with Crippen LogP contribution in [0.2, 0.25) is 0 Å². The van der Waals surface area contributed by atoms with Crippen LogP contribution in [-0.2, 0) is 9.47 Å². The van der Waals surface area contributed by atoms with Gasteiger partial charge in [-0.25, -0.2) is 0 Å². The van der Waals surface area contributed by atoms with Crippen LogP contribution in [0.1, 0.15) is 5.56 Å². The average molecular weight is 255 g/mol. The molecule has 1 aromatic rings. The van der Waals surface area contributed by atoms with Crippen LogP contribution in [0.3, 0.4) is 0 Å². The molecule has 0 N–H and O–H groups in total. The molecule has 3 heteroatoms. The third-order valence-corrected chi connectivity index (χ3v) is 2.55. The standard InChI is InChI=1S/C11H11BrO2/c12-10-4-1-9(2-5-10)3-6-11-7-13-8-14-11/h1-6,11H,7-8H2/b6-3+. The van der Waals surface area contributed by atoms with E-state index in [0.29, 0.717) is 13.4 Å². The van der Waals surface area contributed by atoms with Gasteiger partial charge in [0, 0.05) is 4.47 Å². The van der Waals surface area contributed by atoms with Gasteiger partial charge in [-0.1, -0.05) is 40.2 Å². The van der Waals surface area contributed by atoms with E-state index in [1.165, 1.54) is 5.56 Å². The van der Waals surface area contributed by atoms with Crippen LogP contribution in [0, 0.1) is 0 Å². The molecule has 0 amide bonds. The Labute approximate surface area is 91.7 Å². The van der Waals surface area contributed by atoms with E-state index in [4.69, 9.17) is 9.47 Å². The Bertz CT molecular complexity index is 313. The summed E-state index contributed by atoms with van der Waals surface area (Å²) in [7, 11) is 0. The van der Waals surface area contributed by atoms with Crippen molar-refractivity contribution in [1.29, 1.82) is 0 Å². The normalized spacial score (nSPS) is 21.9. The molecule has 1 heterocycles. The lowest BCUT2D eigenvalue weighted by Crippen LogP contribution is -2.03. The number of halogens is 1. The van der Waals surface area contributed by atoms with Gasteiger partial charge in [-0.15, -0.1) is 0 Å². The highest BCUT2D eigenvalue weighted by Gasteiger charge is 2.11. The summed E-state index contributed by atoms with van der Waals surface area (Å²) in [6.45, 7) is 1.07. The number of benzene rings is 1. The molecule has 0 saturated carbocycles. The summed E-state index contributed by atoms with van der Waals surface area (Å²) in [4.78, 5) is 0. The van der Waals surface area contributed by atoms with Crippen molar-refractivity contribution in [2.45, 2.75) is 6.10 Å². The van der Waals surface area contributed by atoms with Gasteiger partial charge in [0.05, 0.1) is 6.61 Å². The van der Waals surface area contributed by atoms with Crippen LogP contribution < -0.4 is 0 Å².